The van der Waals surface area contributed by atoms with E-state index in [0.29, 0.717) is 48.9 Å². The number of carbonyl (C=O) groups excluding carboxylic acids is 4. The molecule has 0 saturated carbocycles. The van der Waals surface area contributed by atoms with Crippen LogP contribution in [0.25, 0.3) is 0 Å². The standard InChI is InChI=1S/C48H56O8/c1-45(2,3)37-17-29-13-31-19-38(46(4,5)6)21-33(42(31)54-26-50)15-35-23-40(48(10,11)12)24-36(44(35)56-28-52)16-34-22-39(47(7,8)9)20-32(43(34)55-27-51)14-30(18-37)41(29)53-25-49/h17-28H,13-16H2,1-12H3. The molecule has 0 radical (unpaired) electrons. The molecule has 5 rings (SSSR count). The Balaban J connectivity index is 2.02. The van der Waals surface area contributed by atoms with Crippen molar-refractivity contribution in [3.63, 3.8) is 0 Å². The van der Waals surface area contributed by atoms with Crippen molar-refractivity contribution < 1.29 is 38.1 Å². The maximum absolute atomic E-state index is 12.3. The van der Waals surface area contributed by atoms with Crippen LogP contribution >= 0.6 is 0 Å². The molecule has 0 atom stereocenters. The van der Waals surface area contributed by atoms with Gasteiger partial charge in [0, 0.05) is 25.7 Å². The molecule has 1 aliphatic rings. The first kappa shape index (κ1) is 41.9. The summed E-state index contributed by atoms with van der Waals surface area (Å²) in [5.74, 6) is 1.56. The van der Waals surface area contributed by atoms with Crippen LogP contribution in [0.1, 0.15) is 150 Å². The average molecular weight is 761 g/mol. The minimum atomic E-state index is -0.298. The van der Waals surface area contributed by atoms with Gasteiger partial charge < -0.3 is 18.9 Å². The Labute approximate surface area is 331 Å². The van der Waals surface area contributed by atoms with Crippen LogP contribution in [0, 0.1) is 0 Å². The van der Waals surface area contributed by atoms with Gasteiger partial charge in [0.2, 0.25) is 0 Å². The SMILES string of the molecule is CC(C)(C)c1cc2c(OC=O)c(c1)Cc1cc(C(C)(C)C)cc(c1OC=O)Cc1cc(C(C)(C)C)cc(c1OC=O)Cc1cc(C(C)(C)C)cc(c1OC=O)C2. The van der Waals surface area contributed by atoms with Crippen molar-refractivity contribution in [2.45, 2.75) is 130 Å². The molecule has 0 aliphatic heterocycles. The molecule has 0 N–H and O–H groups in total. The fourth-order valence-electron chi connectivity index (χ4n) is 7.42. The fourth-order valence-corrected chi connectivity index (χ4v) is 7.42. The molecular weight excluding hydrogens is 705 g/mol. The van der Waals surface area contributed by atoms with E-state index in [1.165, 1.54) is 0 Å². The van der Waals surface area contributed by atoms with E-state index in [-0.39, 0.29) is 47.3 Å². The Morgan fingerprint density at radius 1 is 0.321 bits per heavy atom. The first-order valence-corrected chi connectivity index (χ1v) is 19.1. The molecule has 8 nitrogen and oxygen atoms in total. The number of carbonyl (C=O) groups is 4. The summed E-state index contributed by atoms with van der Waals surface area (Å²) in [6.45, 7) is 27.2. The molecule has 8 heteroatoms. The lowest BCUT2D eigenvalue weighted by atomic mass is 9.79. The second-order valence-corrected chi connectivity index (χ2v) is 19.1. The monoisotopic (exact) mass is 760 g/mol. The lowest BCUT2D eigenvalue weighted by Crippen LogP contribution is -2.17. The Kier molecular flexibility index (Phi) is 11.8. The molecule has 0 amide bonds. The van der Waals surface area contributed by atoms with Gasteiger partial charge >= 0.3 is 0 Å². The third kappa shape index (κ3) is 9.07. The predicted molar refractivity (Wildman–Crippen MR) is 219 cm³/mol. The normalized spacial score (nSPS) is 13.4. The third-order valence-corrected chi connectivity index (χ3v) is 10.6. The summed E-state index contributed by atoms with van der Waals surface area (Å²) in [4.78, 5) is 49.2. The number of fused-ring (bicyclic) bond motifs is 8. The lowest BCUT2D eigenvalue weighted by Gasteiger charge is -2.28. The summed E-state index contributed by atoms with van der Waals surface area (Å²) < 4.78 is 23.6. The van der Waals surface area contributed by atoms with Gasteiger partial charge in [-0.1, -0.05) is 132 Å². The minimum absolute atomic E-state index is 0.260. The Morgan fingerprint density at radius 3 is 0.571 bits per heavy atom. The van der Waals surface area contributed by atoms with Gasteiger partial charge in [0.15, 0.2) is 0 Å². The van der Waals surface area contributed by atoms with Gasteiger partial charge in [-0.05, 0) is 88.4 Å². The van der Waals surface area contributed by atoms with Gasteiger partial charge in [-0.25, -0.2) is 0 Å². The van der Waals surface area contributed by atoms with Gasteiger partial charge in [-0.2, -0.15) is 0 Å². The van der Waals surface area contributed by atoms with Gasteiger partial charge in [-0.15, -0.1) is 0 Å². The molecule has 296 valence electrons. The van der Waals surface area contributed by atoms with Crippen LogP contribution in [0.2, 0.25) is 0 Å². The Bertz CT molecular complexity index is 1760. The first-order chi connectivity index (χ1) is 26.1. The van der Waals surface area contributed by atoms with Crippen molar-refractivity contribution in [3.05, 3.63) is 115 Å². The van der Waals surface area contributed by atoms with E-state index in [1.54, 1.807) is 0 Å². The van der Waals surface area contributed by atoms with Crippen molar-refractivity contribution >= 4 is 25.9 Å². The number of benzene rings is 4. The van der Waals surface area contributed by atoms with E-state index in [4.69, 9.17) is 18.9 Å². The van der Waals surface area contributed by atoms with Crippen molar-refractivity contribution in [1.29, 1.82) is 0 Å². The molecule has 4 aromatic rings. The van der Waals surface area contributed by atoms with Crippen LogP contribution in [-0.2, 0) is 66.5 Å². The first-order valence-electron chi connectivity index (χ1n) is 19.1. The average Bonchev–Trinajstić information content (AvgIpc) is 3.07. The van der Waals surface area contributed by atoms with E-state index in [2.05, 4.69) is 132 Å². The maximum atomic E-state index is 12.3. The van der Waals surface area contributed by atoms with Crippen LogP contribution in [0.15, 0.2) is 48.5 Å². The van der Waals surface area contributed by atoms with Crippen LogP contribution in [0.4, 0.5) is 0 Å². The van der Waals surface area contributed by atoms with Crippen LogP contribution in [-0.4, -0.2) is 25.9 Å². The highest BCUT2D eigenvalue weighted by atomic mass is 16.5. The van der Waals surface area contributed by atoms with E-state index >= 15 is 0 Å². The van der Waals surface area contributed by atoms with Crippen molar-refractivity contribution in [2.75, 3.05) is 0 Å². The van der Waals surface area contributed by atoms with Gasteiger partial charge in [0.1, 0.15) is 23.0 Å². The molecule has 4 aromatic carbocycles. The summed E-state index contributed by atoms with van der Waals surface area (Å²) in [5.41, 5.74) is 8.68. The zero-order chi connectivity index (χ0) is 41.4. The predicted octanol–water partition coefficient (Wildman–Crippen LogP) is 9.69. The Morgan fingerprint density at radius 2 is 0.464 bits per heavy atom. The van der Waals surface area contributed by atoms with E-state index < -0.39 is 0 Å². The third-order valence-electron chi connectivity index (χ3n) is 10.6. The molecular formula is C48H56O8. The van der Waals surface area contributed by atoms with Crippen LogP contribution in [0.3, 0.4) is 0 Å². The number of rotatable bonds is 8. The lowest BCUT2D eigenvalue weighted by molar-refractivity contribution is -0.121. The molecule has 0 aromatic heterocycles. The van der Waals surface area contributed by atoms with Crippen molar-refractivity contribution in [1.82, 2.24) is 0 Å². The molecule has 56 heavy (non-hydrogen) atoms. The largest absolute Gasteiger partial charge is 0.428 e. The van der Waals surface area contributed by atoms with E-state index in [1.807, 2.05) is 0 Å². The highest BCUT2D eigenvalue weighted by molar-refractivity contribution is 5.64. The number of hydrogen-bond donors (Lipinski definition) is 0. The summed E-state index contributed by atoms with van der Waals surface area (Å²) in [6, 6.07) is 16.4. The molecule has 1 aliphatic carbocycles. The highest BCUT2D eigenvalue weighted by Gasteiger charge is 2.29. The second-order valence-electron chi connectivity index (χ2n) is 19.1. The zero-order valence-corrected chi connectivity index (χ0v) is 35.0. The van der Waals surface area contributed by atoms with E-state index in [0.717, 1.165) is 66.8 Å². The number of ether oxygens (including phenoxy) is 4. The zero-order valence-electron chi connectivity index (χ0n) is 35.0. The van der Waals surface area contributed by atoms with Gasteiger partial charge in [-0.3, -0.25) is 19.2 Å². The molecule has 0 fully saturated rings. The summed E-state index contributed by atoms with van der Waals surface area (Å²) in [6.07, 6.45) is 1.04. The summed E-state index contributed by atoms with van der Waals surface area (Å²) in [5, 5.41) is 0. The van der Waals surface area contributed by atoms with Crippen molar-refractivity contribution in [2.24, 2.45) is 0 Å². The molecule has 0 unspecified atom stereocenters. The minimum Gasteiger partial charge on any atom is -0.428 e. The van der Waals surface area contributed by atoms with Crippen LogP contribution in [0.5, 0.6) is 23.0 Å². The topological polar surface area (TPSA) is 105 Å². The second kappa shape index (κ2) is 15.7. The molecule has 0 spiro atoms. The van der Waals surface area contributed by atoms with Gasteiger partial charge in [0.05, 0.1) is 0 Å². The quantitative estimate of drug-likeness (QED) is 0.144. The molecule has 0 saturated heterocycles. The molecule has 0 heterocycles. The summed E-state index contributed by atoms with van der Waals surface area (Å²) >= 11 is 0. The fraction of sp³-hybridized carbons (Fsp3) is 0.417. The van der Waals surface area contributed by atoms with Gasteiger partial charge in [0.25, 0.3) is 25.9 Å². The van der Waals surface area contributed by atoms with E-state index in [9.17, 15) is 19.2 Å². The smallest absolute Gasteiger partial charge is 0.298 e. The Hall–Kier alpha value is -5.24. The molecule has 8 bridgehead atoms. The summed E-state index contributed by atoms with van der Waals surface area (Å²) in [7, 11) is 0. The van der Waals surface area contributed by atoms with Crippen molar-refractivity contribution in [3.8, 4) is 23.0 Å². The highest BCUT2D eigenvalue weighted by Crippen LogP contribution is 2.44. The number of hydrogen-bond acceptors (Lipinski definition) is 8. The maximum Gasteiger partial charge on any atom is 0.298 e. The van der Waals surface area contributed by atoms with Crippen LogP contribution < -0.4 is 18.9 Å².